The van der Waals surface area contributed by atoms with Crippen LogP contribution in [0.4, 0.5) is 0 Å². The van der Waals surface area contributed by atoms with Crippen LogP contribution in [0.1, 0.15) is 69.9 Å². The lowest BCUT2D eigenvalue weighted by Gasteiger charge is -2.19. The van der Waals surface area contributed by atoms with Crippen LogP contribution in [-0.2, 0) is 9.59 Å². The molecule has 0 bridgehead atoms. The normalized spacial score (nSPS) is 13.5. The van der Waals surface area contributed by atoms with E-state index < -0.39 is 0 Å². The summed E-state index contributed by atoms with van der Waals surface area (Å²) in [6, 6.07) is 5.99. The Morgan fingerprint density at radius 1 is 1.15 bits per heavy atom. The molecule has 0 saturated heterocycles. The van der Waals surface area contributed by atoms with Gasteiger partial charge < -0.3 is 10.1 Å². The smallest absolute Gasteiger partial charge is 0.311 e. The molecule has 0 radical (unpaired) electrons. The zero-order valence-electron chi connectivity index (χ0n) is 16.8. The summed E-state index contributed by atoms with van der Waals surface area (Å²) in [5, 5.41) is 8.93. The summed E-state index contributed by atoms with van der Waals surface area (Å²) in [6.45, 7) is 10.4. The standard InChI is InChI=1S/C21H31N3O3/c1-15(2)17-7-5-8-18(16(3)4)21(17)27-20(26)10-9-19(25)22-12-14-24-13-6-11-23-24/h5,7-8,11,15-16H,6,9-10,12-14H2,1-4H3,(H,22,25). The number of esters is 1. The average molecular weight is 373 g/mol. The van der Waals surface area contributed by atoms with Gasteiger partial charge in [0.25, 0.3) is 0 Å². The number of hydrogen-bond acceptors (Lipinski definition) is 5. The molecule has 0 unspecified atom stereocenters. The third kappa shape index (κ3) is 6.38. The van der Waals surface area contributed by atoms with Gasteiger partial charge in [-0.3, -0.25) is 14.6 Å². The summed E-state index contributed by atoms with van der Waals surface area (Å²) in [7, 11) is 0. The summed E-state index contributed by atoms with van der Waals surface area (Å²) >= 11 is 0. The fourth-order valence-corrected chi connectivity index (χ4v) is 3.00. The minimum Gasteiger partial charge on any atom is -0.426 e. The molecule has 0 fully saturated rings. The maximum absolute atomic E-state index is 12.3. The first-order valence-corrected chi connectivity index (χ1v) is 9.76. The van der Waals surface area contributed by atoms with Crippen molar-refractivity contribution in [2.45, 2.75) is 58.8 Å². The summed E-state index contributed by atoms with van der Waals surface area (Å²) in [6.07, 6.45) is 3.02. The Morgan fingerprint density at radius 2 is 1.81 bits per heavy atom. The highest BCUT2D eigenvalue weighted by molar-refractivity contribution is 5.82. The van der Waals surface area contributed by atoms with Crippen molar-refractivity contribution in [1.29, 1.82) is 0 Å². The Kier molecular flexibility index (Phi) is 7.82. The van der Waals surface area contributed by atoms with E-state index >= 15 is 0 Å². The molecule has 6 heteroatoms. The van der Waals surface area contributed by atoms with Gasteiger partial charge in [-0.15, -0.1) is 0 Å². The fourth-order valence-electron chi connectivity index (χ4n) is 3.00. The third-order valence-electron chi connectivity index (χ3n) is 4.55. The van der Waals surface area contributed by atoms with Crippen LogP contribution in [-0.4, -0.2) is 42.7 Å². The molecule has 1 N–H and O–H groups in total. The Labute approximate surface area is 162 Å². The fraction of sp³-hybridized carbons (Fsp3) is 0.571. The highest BCUT2D eigenvalue weighted by Gasteiger charge is 2.18. The maximum atomic E-state index is 12.3. The molecule has 6 nitrogen and oxygen atoms in total. The molecule has 1 heterocycles. The molecule has 0 atom stereocenters. The summed E-state index contributed by atoms with van der Waals surface area (Å²) < 4.78 is 5.69. The van der Waals surface area contributed by atoms with Crippen LogP contribution in [0.2, 0.25) is 0 Å². The van der Waals surface area contributed by atoms with Crippen molar-refractivity contribution in [3.63, 3.8) is 0 Å². The number of hydrazone groups is 1. The van der Waals surface area contributed by atoms with E-state index in [0.29, 0.717) is 18.8 Å². The van der Waals surface area contributed by atoms with Gasteiger partial charge in [-0.1, -0.05) is 45.9 Å². The summed E-state index contributed by atoms with van der Waals surface area (Å²) in [5.41, 5.74) is 2.04. The van der Waals surface area contributed by atoms with E-state index in [9.17, 15) is 9.59 Å². The van der Waals surface area contributed by atoms with Crippen molar-refractivity contribution < 1.29 is 14.3 Å². The highest BCUT2D eigenvalue weighted by Crippen LogP contribution is 2.34. The summed E-state index contributed by atoms with van der Waals surface area (Å²) in [5.74, 6) is 0.645. The molecule has 1 amide bonds. The first kappa shape index (κ1) is 20.9. The topological polar surface area (TPSA) is 71.0 Å². The van der Waals surface area contributed by atoms with Crippen molar-refractivity contribution in [1.82, 2.24) is 10.3 Å². The van der Waals surface area contributed by atoms with Crippen LogP contribution < -0.4 is 10.1 Å². The number of nitrogens with one attached hydrogen (secondary N) is 1. The summed E-state index contributed by atoms with van der Waals surface area (Å²) in [4.78, 5) is 24.3. The van der Waals surface area contributed by atoms with E-state index in [0.717, 1.165) is 24.1 Å². The maximum Gasteiger partial charge on any atom is 0.311 e. The van der Waals surface area contributed by atoms with Gasteiger partial charge in [0.15, 0.2) is 0 Å². The van der Waals surface area contributed by atoms with Crippen molar-refractivity contribution >= 4 is 18.1 Å². The Balaban J connectivity index is 1.84. The lowest BCUT2D eigenvalue weighted by Crippen LogP contribution is -2.32. The molecule has 0 aromatic heterocycles. The first-order valence-electron chi connectivity index (χ1n) is 9.76. The van der Waals surface area contributed by atoms with E-state index in [1.54, 1.807) is 0 Å². The second-order valence-corrected chi connectivity index (χ2v) is 7.44. The Hall–Kier alpha value is -2.37. The van der Waals surface area contributed by atoms with Crippen LogP contribution in [0, 0.1) is 0 Å². The van der Waals surface area contributed by atoms with E-state index in [1.807, 2.05) is 29.4 Å². The number of para-hydroxylation sites is 1. The van der Waals surface area contributed by atoms with Crippen molar-refractivity contribution in [2.75, 3.05) is 19.6 Å². The SMILES string of the molecule is CC(C)c1cccc(C(C)C)c1OC(=O)CCC(=O)NCCN1CCC=N1. The number of carbonyl (C=O) groups excluding carboxylic acids is 2. The van der Waals surface area contributed by atoms with Crippen LogP contribution in [0.3, 0.4) is 0 Å². The predicted molar refractivity (Wildman–Crippen MR) is 107 cm³/mol. The monoisotopic (exact) mass is 373 g/mol. The van der Waals surface area contributed by atoms with Gasteiger partial charge in [0.1, 0.15) is 5.75 Å². The molecule has 0 spiro atoms. The number of ether oxygens (including phenoxy) is 1. The molecule has 1 aliphatic heterocycles. The van der Waals surface area contributed by atoms with E-state index in [-0.39, 0.29) is 36.6 Å². The molecular weight excluding hydrogens is 342 g/mol. The molecule has 0 aliphatic carbocycles. The third-order valence-corrected chi connectivity index (χ3v) is 4.55. The van der Waals surface area contributed by atoms with Crippen molar-refractivity contribution in [3.8, 4) is 5.75 Å². The number of benzene rings is 1. The Morgan fingerprint density at radius 3 is 2.37 bits per heavy atom. The molecule has 2 rings (SSSR count). The van der Waals surface area contributed by atoms with Crippen LogP contribution in [0.25, 0.3) is 0 Å². The molecule has 1 aromatic carbocycles. The van der Waals surface area contributed by atoms with Crippen molar-refractivity contribution in [3.05, 3.63) is 29.3 Å². The molecule has 1 aromatic rings. The van der Waals surface area contributed by atoms with Gasteiger partial charge in [-0.05, 0) is 23.0 Å². The van der Waals surface area contributed by atoms with Gasteiger partial charge in [0, 0.05) is 32.1 Å². The lowest BCUT2D eigenvalue weighted by atomic mass is 9.94. The number of amides is 1. The first-order chi connectivity index (χ1) is 12.9. The second-order valence-electron chi connectivity index (χ2n) is 7.44. The number of carbonyl (C=O) groups is 2. The van der Waals surface area contributed by atoms with Gasteiger partial charge in [-0.25, -0.2) is 0 Å². The quantitative estimate of drug-likeness (QED) is 0.532. The number of nitrogens with zero attached hydrogens (tertiary/aromatic N) is 2. The van der Waals surface area contributed by atoms with E-state index in [1.165, 1.54) is 0 Å². The van der Waals surface area contributed by atoms with Gasteiger partial charge in [-0.2, -0.15) is 5.10 Å². The average Bonchev–Trinajstić information content (AvgIpc) is 3.13. The lowest BCUT2D eigenvalue weighted by molar-refractivity contribution is -0.136. The molecule has 27 heavy (non-hydrogen) atoms. The van der Waals surface area contributed by atoms with Crippen molar-refractivity contribution in [2.24, 2.45) is 5.10 Å². The van der Waals surface area contributed by atoms with E-state index in [4.69, 9.17) is 4.74 Å². The number of rotatable bonds is 9. The zero-order valence-corrected chi connectivity index (χ0v) is 16.8. The second kappa shape index (κ2) is 10.1. The number of hydrogen-bond donors (Lipinski definition) is 1. The molecule has 0 saturated carbocycles. The van der Waals surface area contributed by atoms with Crippen LogP contribution in [0.15, 0.2) is 23.3 Å². The van der Waals surface area contributed by atoms with Gasteiger partial charge in [0.2, 0.25) is 5.91 Å². The van der Waals surface area contributed by atoms with Gasteiger partial charge in [0.05, 0.1) is 13.0 Å². The minimum atomic E-state index is -0.371. The van der Waals surface area contributed by atoms with Crippen LogP contribution >= 0.6 is 0 Å². The molecular formula is C21H31N3O3. The zero-order chi connectivity index (χ0) is 19.8. The predicted octanol–water partition coefficient (Wildman–Crippen LogP) is 3.43. The highest BCUT2D eigenvalue weighted by atomic mass is 16.5. The largest absolute Gasteiger partial charge is 0.426 e. The van der Waals surface area contributed by atoms with Crippen LogP contribution in [0.5, 0.6) is 5.75 Å². The Bertz CT molecular complexity index is 657. The van der Waals surface area contributed by atoms with E-state index in [2.05, 4.69) is 38.1 Å². The van der Waals surface area contributed by atoms with Gasteiger partial charge >= 0.3 is 5.97 Å². The minimum absolute atomic E-state index is 0.0671. The molecule has 148 valence electrons. The molecule has 1 aliphatic rings.